The van der Waals surface area contributed by atoms with E-state index in [1.165, 1.54) is 38.9 Å². The molecule has 0 aliphatic carbocycles. The summed E-state index contributed by atoms with van der Waals surface area (Å²) in [5, 5.41) is 3.44. The van der Waals surface area contributed by atoms with Gasteiger partial charge >= 0.3 is 0 Å². The second kappa shape index (κ2) is 6.61. The lowest BCUT2D eigenvalue weighted by Crippen LogP contribution is -2.24. The van der Waals surface area contributed by atoms with E-state index in [2.05, 4.69) is 21.3 Å². The molecule has 0 atom stereocenters. The van der Waals surface area contributed by atoms with Crippen molar-refractivity contribution in [3.63, 3.8) is 0 Å². The highest BCUT2D eigenvalue weighted by atomic mass is 15.1. The Morgan fingerprint density at radius 3 is 2.88 bits per heavy atom. The van der Waals surface area contributed by atoms with Gasteiger partial charge in [-0.25, -0.2) is 0 Å². The molecule has 1 aromatic heterocycles. The van der Waals surface area contributed by atoms with Gasteiger partial charge in [-0.2, -0.15) is 0 Å². The third kappa shape index (κ3) is 3.91. The molecule has 1 aromatic rings. The van der Waals surface area contributed by atoms with Gasteiger partial charge in [-0.15, -0.1) is 0 Å². The minimum Gasteiger partial charge on any atom is -0.311 e. The zero-order valence-corrected chi connectivity index (χ0v) is 9.86. The van der Waals surface area contributed by atoms with Crippen molar-refractivity contribution in [3.05, 3.63) is 30.1 Å². The molecule has 3 nitrogen and oxygen atoms in total. The Balaban J connectivity index is 1.52. The molecular weight excluding hydrogens is 198 g/mol. The molecule has 1 saturated heterocycles. The van der Waals surface area contributed by atoms with Crippen LogP contribution in [-0.2, 0) is 6.54 Å². The van der Waals surface area contributed by atoms with Crippen LogP contribution in [0.5, 0.6) is 0 Å². The Kier molecular flexibility index (Phi) is 4.77. The van der Waals surface area contributed by atoms with Gasteiger partial charge in [0.15, 0.2) is 0 Å². The monoisotopic (exact) mass is 219 g/mol. The summed E-state index contributed by atoms with van der Waals surface area (Å²) in [5.74, 6) is 0. The molecule has 0 spiro atoms. The largest absolute Gasteiger partial charge is 0.311 e. The lowest BCUT2D eigenvalue weighted by atomic mass is 10.3. The maximum absolute atomic E-state index is 4.28. The average Bonchev–Trinajstić information content (AvgIpc) is 2.83. The van der Waals surface area contributed by atoms with Gasteiger partial charge in [-0.1, -0.05) is 6.07 Å². The predicted octanol–water partition coefficient (Wildman–Crippen LogP) is 1.66. The van der Waals surface area contributed by atoms with Crippen LogP contribution in [0, 0.1) is 0 Å². The number of hydrogen-bond donors (Lipinski definition) is 1. The third-order valence-corrected chi connectivity index (χ3v) is 3.06. The van der Waals surface area contributed by atoms with Crippen molar-refractivity contribution in [2.45, 2.75) is 25.8 Å². The Hall–Kier alpha value is -0.930. The Labute approximate surface area is 97.9 Å². The molecular formula is C13H21N3. The number of nitrogens with one attached hydrogen (secondary N) is 1. The van der Waals surface area contributed by atoms with Crippen LogP contribution >= 0.6 is 0 Å². The molecule has 3 heteroatoms. The third-order valence-electron chi connectivity index (χ3n) is 3.06. The van der Waals surface area contributed by atoms with Gasteiger partial charge in [0.2, 0.25) is 0 Å². The van der Waals surface area contributed by atoms with Crippen LogP contribution in [0.3, 0.4) is 0 Å². The first kappa shape index (κ1) is 11.6. The molecule has 2 rings (SSSR count). The van der Waals surface area contributed by atoms with E-state index in [9.17, 15) is 0 Å². The predicted molar refractivity (Wildman–Crippen MR) is 66.2 cm³/mol. The van der Waals surface area contributed by atoms with Crippen molar-refractivity contribution in [2.75, 3.05) is 26.2 Å². The van der Waals surface area contributed by atoms with Crippen molar-refractivity contribution in [1.29, 1.82) is 0 Å². The lowest BCUT2D eigenvalue weighted by Gasteiger charge is -2.14. The van der Waals surface area contributed by atoms with Gasteiger partial charge in [-0.3, -0.25) is 4.98 Å². The normalized spacial score (nSPS) is 16.8. The maximum Gasteiger partial charge on any atom is 0.0541 e. The van der Waals surface area contributed by atoms with Gasteiger partial charge in [0, 0.05) is 12.7 Å². The molecule has 0 amide bonds. The molecule has 1 fully saturated rings. The van der Waals surface area contributed by atoms with Crippen LogP contribution in [0.15, 0.2) is 24.4 Å². The second-order valence-electron chi connectivity index (χ2n) is 4.40. The first-order valence-corrected chi connectivity index (χ1v) is 6.28. The number of rotatable bonds is 6. The molecule has 1 aliphatic rings. The van der Waals surface area contributed by atoms with Crippen LogP contribution < -0.4 is 5.32 Å². The van der Waals surface area contributed by atoms with E-state index in [0.29, 0.717) is 0 Å². The minimum atomic E-state index is 0.890. The van der Waals surface area contributed by atoms with Crippen molar-refractivity contribution < 1.29 is 0 Å². The van der Waals surface area contributed by atoms with E-state index >= 15 is 0 Å². The van der Waals surface area contributed by atoms with Crippen LogP contribution in [0.2, 0.25) is 0 Å². The lowest BCUT2D eigenvalue weighted by molar-refractivity contribution is 0.331. The van der Waals surface area contributed by atoms with Crippen molar-refractivity contribution in [3.8, 4) is 0 Å². The summed E-state index contributed by atoms with van der Waals surface area (Å²) in [4.78, 5) is 6.84. The Morgan fingerprint density at radius 1 is 1.25 bits per heavy atom. The van der Waals surface area contributed by atoms with Gasteiger partial charge in [0.05, 0.1) is 5.69 Å². The standard InChI is InChI=1S/C13H21N3/c1-2-8-15-13(6-1)12-14-7-5-11-16-9-3-4-10-16/h1-2,6,8,14H,3-5,7,9-12H2. The number of hydrogen-bond acceptors (Lipinski definition) is 3. The summed E-state index contributed by atoms with van der Waals surface area (Å²) in [6.07, 6.45) is 5.87. The Morgan fingerprint density at radius 2 is 2.12 bits per heavy atom. The van der Waals surface area contributed by atoms with Crippen LogP contribution in [0.1, 0.15) is 25.0 Å². The summed E-state index contributed by atoms with van der Waals surface area (Å²) in [6, 6.07) is 6.05. The molecule has 0 unspecified atom stereocenters. The zero-order chi connectivity index (χ0) is 11.1. The maximum atomic E-state index is 4.28. The van der Waals surface area contributed by atoms with E-state index < -0.39 is 0 Å². The first-order chi connectivity index (χ1) is 7.95. The van der Waals surface area contributed by atoms with Crippen LogP contribution in [0.4, 0.5) is 0 Å². The van der Waals surface area contributed by atoms with Crippen molar-refractivity contribution in [1.82, 2.24) is 15.2 Å². The van der Waals surface area contributed by atoms with E-state index in [0.717, 1.165) is 18.8 Å². The topological polar surface area (TPSA) is 28.2 Å². The smallest absolute Gasteiger partial charge is 0.0541 e. The van der Waals surface area contributed by atoms with E-state index in [1.54, 1.807) is 0 Å². The summed E-state index contributed by atoms with van der Waals surface area (Å²) in [7, 11) is 0. The van der Waals surface area contributed by atoms with E-state index in [-0.39, 0.29) is 0 Å². The van der Waals surface area contributed by atoms with Crippen LogP contribution in [0.25, 0.3) is 0 Å². The van der Waals surface area contributed by atoms with Crippen LogP contribution in [-0.4, -0.2) is 36.1 Å². The van der Waals surface area contributed by atoms with Gasteiger partial charge in [-0.05, 0) is 57.6 Å². The van der Waals surface area contributed by atoms with Gasteiger partial charge < -0.3 is 10.2 Å². The van der Waals surface area contributed by atoms with Gasteiger partial charge in [0.25, 0.3) is 0 Å². The summed E-state index contributed by atoms with van der Waals surface area (Å²) in [6.45, 7) is 5.84. The molecule has 16 heavy (non-hydrogen) atoms. The fraction of sp³-hybridized carbons (Fsp3) is 0.615. The van der Waals surface area contributed by atoms with E-state index in [1.807, 2.05) is 18.3 Å². The molecule has 1 N–H and O–H groups in total. The highest BCUT2D eigenvalue weighted by molar-refractivity contribution is 5.02. The molecule has 1 aliphatic heterocycles. The summed E-state index contributed by atoms with van der Waals surface area (Å²) >= 11 is 0. The van der Waals surface area contributed by atoms with Gasteiger partial charge in [0.1, 0.15) is 0 Å². The molecule has 2 heterocycles. The van der Waals surface area contributed by atoms with Crippen molar-refractivity contribution in [2.24, 2.45) is 0 Å². The number of pyridine rings is 1. The highest BCUT2D eigenvalue weighted by Crippen LogP contribution is 2.06. The molecule has 0 saturated carbocycles. The fourth-order valence-electron chi connectivity index (χ4n) is 2.15. The average molecular weight is 219 g/mol. The molecule has 0 aromatic carbocycles. The summed E-state index contributed by atoms with van der Waals surface area (Å²) in [5.41, 5.74) is 1.13. The van der Waals surface area contributed by atoms with Crippen molar-refractivity contribution >= 4 is 0 Å². The fourth-order valence-corrected chi connectivity index (χ4v) is 2.15. The molecule has 0 bridgehead atoms. The zero-order valence-electron chi connectivity index (χ0n) is 9.86. The first-order valence-electron chi connectivity index (χ1n) is 6.28. The van der Waals surface area contributed by atoms with E-state index in [4.69, 9.17) is 0 Å². The summed E-state index contributed by atoms with van der Waals surface area (Å²) < 4.78 is 0. The Bertz CT molecular complexity index is 280. The SMILES string of the molecule is c1ccc(CNCCCN2CCCC2)nc1. The quantitative estimate of drug-likeness (QED) is 0.738. The highest BCUT2D eigenvalue weighted by Gasteiger charge is 2.09. The molecule has 88 valence electrons. The number of likely N-dealkylation sites (tertiary alicyclic amines) is 1. The second-order valence-corrected chi connectivity index (χ2v) is 4.40. The number of aromatic nitrogens is 1. The molecule has 0 radical (unpaired) electrons. The minimum absolute atomic E-state index is 0.890. The number of nitrogens with zero attached hydrogens (tertiary/aromatic N) is 2.